The van der Waals surface area contributed by atoms with Crippen molar-refractivity contribution in [3.8, 4) is 0 Å². The van der Waals surface area contributed by atoms with E-state index in [0.717, 1.165) is 63.6 Å². The Balaban J connectivity index is 1.68. The maximum atomic E-state index is 13.2. The molecular formula is C18H30N6O. The van der Waals surface area contributed by atoms with Crippen LogP contribution in [0.4, 0.5) is 5.82 Å². The average Bonchev–Trinajstić information content (AvgIpc) is 2.60. The summed E-state index contributed by atoms with van der Waals surface area (Å²) in [7, 11) is 6.21. The fraction of sp³-hybridized carbons (Fsp3) is 0.722. The van der Waals surface area contributed by atoms with Crippen LogP contribution in [-0.4, -0.2) is 96.8 Å². The zero-order chi connectivity index (χ0) is 18.0. The smallest absolute Gasteiger partial charge is 0.243 e. The van der Waals surface area contributed by atoms with Crippen LogP contribution in [0.1, 0.15) is 18.5 Å². The maximum absolute atomic E-state index is 13.2. The first kappa shape index (κ1) is 18.1. The number of likely N-dealkylation sites (N-methyl/N-ethyl adjacent to an activating group) is 2. The Hall–Kier alpha value is -1.73. The number of hydrogen-bond acceptors (Lipinski definition) is 6. The van der Waals surface area contributed by atoms with E-state index < -0.39 is 0 Å². The summed E-state index contributed by atoms with van der Waals surface area (Å²) in [6.45, 7) is 7.14. The summed E-state index contributed by atoms with van der Waals surface area (Å²) < 4.78 is 0. The van der Waals surface area contributed by atoms with Gasteiger partial charge in [0.25, 0.3) is 0 Å². The lowest BCUT2D eigenvalue weighted by Gasteiger charge is -2.51. The van der Waals surface area contributed by atoms with Crippen molar-refractivity contribution in [2.45, 2.75) is 25.3 Å². The number of anilines is 1. The number of carbonyl (C=O) groups excluding carboxylic acids is 1. The Bertz CT molecular complexity index is 594. The van der Waals surface area contributed by atoms with Crippen molar-refractivity contribution in [2.75, 3.05) is 65.3 Å². The summed E-state index contributed by atoms with van der Waals surface area (Å²) in [4.78, 5) is 22.0. The number of hydrogen-bond donors (Lipinski definition) is 0. The molecule has 2 fully saturated rings. The summed E-state index contributed by atoms with van der Waals surface area (Å²) in [5, 5.41) is 8.46. The third kappa shape index (κ3) is 3.62. The molecule has 7 nitrogen and oxygen atoms in total. The average molecular weight is 346 g/mol. The summed E-state index contributed by atoms with van der Waals surface area (Å²) in [5.74, 6) is 1.22. The summed E-state index contributed by atoms with van der Waals surface area (Å²) in [6, 6.07) is 4.02. The SMILES string of the molecule is Cc1ccc(N2CCC3(CC2)C(=O)N(CCN(C)C)CCN3C)nn1. The van der Waals surface area contributed by atoms with Gasteiger partial charge in [-0.3, -0.25) is 9.69 Å². The largest absolute Gasteiger partial charge is 0.355 e. The number of nitrogens with zero attached hydrogens (tertiary/aromatic N) is 6. The minimum absolute atomic E-state index is 0.303. The molecule has 0 N–H and O–H groups in total. The van der Waals surface area contributed by atoms with Crippen molar-refractivity contribution >= 4 is 11.7 Å². The Morgan fingerprint density at radius 1 is 1.12 bits per heavy atom. The number of carbonyl (C=O) groups is 1. The molecule has 7 heteroatoms. The van der Waals surface area contributed by atoms with E-state index in [-0.39, 0.29) is 5.54 Å². The number of piperazine rings is 1. The van der Waals surface area contributed by atoms with Gasteiger partial charge in [0.2, 0.25) is 5.91 Å². The molecule has 2 aliphatic rings. The predicted molar refractivity (Wildman–Crippen MR) is 98.7 cm³/mol. The van der Waals surface area contributed by atoms with Crippen molar-refractivity contribution in [3.63, 3.8) is 0 Å². The molecule has 0 saturated carbocycles. The summed E-state index contributed by atoms with van der Waals surface area (Å²) in [6.07, 6.45) is 1.69. The van der Waals surface area contributed by atoms with Gasteiger partial charge in [0.05, 0.1) is 5.69 Å². The van der Waals surface area contributed by atoms with Gasteiger partial charge in [0.1, 0.15) is 5.54 Å². The number of aryl methyl sites for hydroxylation is 1. The van der Waals surface area contributed by atoms with E-state index in [1.807, 2.05) is 19.1 Å². The van der Waals surface area contributed by atoms with Crippen molar-refractivity contribution in [1.29, 1.82) is 0 Å². The number of aromatic nitrogens is 2. The third-order valence-corrected chi connectivity index (χ3v) is 5.64. The van der Waals surface area contributed by atoms with Crippen LogP contribution in [0.3, 0.4) is 0 Å². The Morgan fingerprint density at radius 3 is 2.44 bits per heavy atom. The van der Waals surface area contributed by atoms with Crippen LogP contribution in [-0.2, 0) is 4.79 Å². The zero-order valence-electron chi connectivity index (χ0n) is 15.9. The molecule has 1 aromatic heterocycles. The zero-order valence-corrected chi connectivity index (χ0v) is 15.9. The molecular weight excluding hydrogens is 316 g/mol. The van der Waals surface area contributed by atoms with Crippen LogP contribution in [0, 0.1) is 6.92 Å². The van der Waals surface area contributed by atoms with Gasteiger partial charge in [-0.15, -0.1) is 5.10 Å². The van der Waals surface area contributed by atoms with E-state index >= 15 is 0 Å². The second kappa shape index (κ2) is 7.25. The van der Waals surface area contributed by atoms with Crippen LogP contribution in [0.15, 0.2) is 12.1 Å². The Labute approximate surface area is 150 Å². The van der Waals surface area contributed by atoms with Crippen molar-refractivity contribution < 1.29 is 4.79 Å². The summed E-state index contributed by atoms with van der Waals surface area (Å²) >= 11 is 0. The van der Waals surface area contributed by atoms with Gasteiger partial charge in [-0.05, 0) is 53.0 Å². The molecule has 25 heavy (non-hydrogen) atoms. The number of piperidine rings is 1. The molecule has 0 bridgehead atoms. The van der Waals surface area contributed by atoms with E-state index in [2.05, 4.69) is 50.9 Å². The van der Waals surface area contributed by atoms with Gasteiger partial charge in [-0.2, -0.15) is 5.10 Å². The van der Waals surface area contributed by atoms with E-state index in [1.165, 1.54) is 0 Å². The van der Waals surface area contributed by atoms with Gasteiger partial charge in [0.15, 0.2) is 5.82 Å². The highest BCUT2D eigenvalue weighted by atomic mass is 16.2. The van der Waals surface area contributed by atoms with Crippen molar-refractivity contribution in [3.05, 3.63) is 17.8 Å². The van der Waals surface area contributed by atoms with Gasteiger partial charge in [0, 0.05) is 39.3 Å². The molecule has 2 saturated heterocycles. The van der Waals surface area contributed by atoms with Crippen molar-refractivity contribution in [2.24, 2.45) is 0 Å². The lowest BCUT2D eigenvalue weighted by molar-refractivity contribution is -0.152. The second-order valence-electron chi connectivity index (χ2n) is 7.57. The number of amides is 1. The maximum Gasteiger partial charge on any atom is 0.243 e. The quantitative estimate of drug-likeness (QED) is 0.790. The molecule has 1 aromatic rings. The highest BCUT2D eigenvalue weighted by Gasteiger charge is 2.49. The molecule has 2 aliphatic heterocycles. The lowest BCUT2D eigenvalue weighted by Crippen LogP contribution is -2.68. The monoisotopic (exact) mass is 346 g/mol. The summed E-state index contributed by atoms with van der Waals surface area (Å²) in [5.41, 5.74) is 0.579. The molecule has 0 aliphatic carbocycles. The van der Waals surface area contributed by atoms with Crippen LogP contribution < -0.4 is 4.90 Å². The first-order chi connectivity index (χ1) is 11.9. The first-order valence-corrected chi connectivity index (χ1v) is 9.13. The highest BCUT2D eigenvalue weighted by molar-refractivity contribution is 5.87. The first-order valence-electron chi connectivity index (χ1n) is 9.13. The van der Waals surface area contributed by atoms with Gasteiger partial charge >= 0.3 is 0 Å². The topological polar surface area (TPSA) is 55.8 Å². The molecule has 0 aromatic carbocycles. The predicted octanol–water partition coefficient (Wildman–Crippen LogP) is 0.460. The molecule has 3 heterocycles. The van der Waals surface area contributed by atoms with Crippen LogP contribution >= 0.6 is 0 Å². The Morgan fingerprint density at radius 2 is 1.84 bits per heavy atom. The lowest BCUT2D eigenvalue weighted by atomic mass is 9.82. The van der Waals surface area contributed by atoms with Gasteiger partial charge < -0.3 is 14.7 Å². The molecule has 1 spiro atoms. The molecule has 0 atom stereocenters. The highest BCUT2D eigenvalue weighted by Crippen LogP contribution is 2.33. The van der Waals surface area contributed by atoms with Crippen molar-refractivity contribution in [1.82, 2.24) is 24.9 Å². The molecule has 0 radical (unpaired) electrons. The van der Waals surface area contributed by atoms with Crippen LogP contribution in [0.25, 0.3) is 0 Å². The van der Waals surface area contributed by atoms with E-state index in [4.69, 9.17) is 0 Å². The van der Waals surface area contributed by atoms with Crippen LogP contribution in [0.2, 0.25) is 0 Å². The molecule has 1 amide bonds. The van der Waals surface area contributed by atoms with Gasteiger partial charge in [-0.25, -0.2) is 0 Å². The third-order valence-electron chi connectivity index (χ3n) is 5.64. The molecule has 138 valence electrons. The van der Waals surface area contributed by atoms with Crippen LogP contribution in [0.5, 0.6) is 0 Å². The minimum Gasteiger partial charge on any atom is -0.355 e. The normalized spacial score (nSPS) is 21.4. The fourth-order valence-electron chi connectivity index (χ4n) is 3.84. The van der Waals surface area contributed by atoms with E-state index in [1.54, 1.807) is 0 Å². The fourth-order valence-corrected chi connectivity index (χ4v) is 3.84. The number of rotatable bonds is 4. The standard InChI is InChI=1S/C18H30N6O/c1-15-5-6-16(20-19-15)23-9-7-18(8-10-23)17(25)24(13-11-21(2)3)14-12-22(18)4/h5-6H,7-14H2,1-4H3. The second-order valence-corrected chi connectivity index (χ2v) is 7.57. The molecule has 0 unspecified atom stereocenters. The minimum atomic E-state index is -0.348. The Kier molecular flexibility index (Phi) is 5.24. The van der Waals surface area contributed by atoms with E-state index in [0.29, 0.717) is 5.91 Å². The van der Waals surface area contributed by atoms with Gasteiger partial charge in [-0.1, -0.05) is 0 Å². The molecule has 3 rings (SSSR count). The van der Waals surface area contributed by atoms with E-state index in [9.17, 15) is 4.79 Å².